The van der Waals surface area contributed by atoms with Gasteiger partial charge in [0.15, 0.2) is 0 Å². The average molecular weight is 301 g/mol. The predicted octanol–water partition coefficient (Wildman–Crippen LogP) is 1.76. The Morgan fingerprint density at radius 3 is 2.76 bits per heavy atom. The molecule has 0 spiro atoms. The first-order valence-corrected chi connectivity index (χ1v) is 6.08. The first kappa shape index (κ1) is 14.0. The fourth-order valence-corrected chi connectivity index (χ4v) is 1.96. The maximum atomic E-state index is 11.7. The van der Waals surface area contributed by atoms with E-state index in [0.717, 1.165) is 15.8 Å². The molecule has 1 rings (SSSR count). The number of rotatable bonds is 4. The summed E-state index contributed by atoms with van der Waals surface area (Å²) in [5.41, 5.74) is 6.50. The zero-order valence-electron chi connectivity index (χ0n) is 10.2. The van der Waals surface area contributed by atoms with Gasteiger partial charge in [0.2, 0.25) is 5.91 Å². The predicted molar refractivity (Wildman–Crippen MR) is 70.8 cm³/mol. The molecule has 2 N–H and O–H groups in total. The van der Waals surface area contributed by atoms with Crippen LogP contribution in [0.4, 0.5) is 0 Å². The summed E-state index contributed by atoms with van der Waals surface area (Å²) < 4.78 is 6.21. The molecule has 0 radical (unpaired) electrons. The van der Waals surface area contributed by atoms with Crippen LogP contribution in [0.1, 0.15) is 12.5 Å². The summed E-state index contributed by atoms with van der Waals surface area (Å²) in [4.78, 5) is 13.3. The van der Waals surface area contributed by atoms with Crippen molar-refractivity contribution in [2.45, 2.75) is 19.5 Å². The van der Waals surface area contributed by atoms with Gasteiger partial charge in [-0.05, 0) is 25.1 Å². The molecule has 0 aliphatic heterocycles. The lowest BCUT2D eigenvalue weighted by molar-refractivity contribution is -0.131. The monoisotopic (exact) mass is 300 g/mol. The van der Waals surface area contributed by atoms with Crippen molar-refractivity contribution in [2.75, 3.05) is 14.2 Å². The van der Waals surface area contributed by atoms with Crippen molar-refractivity contribution in [1.29, 1.82) is 0 Å². The number of amides is 1. The van der Waals surface area contributed by atoms with Crippen molar-refractivity contribution in [3.8, 4) is 5.75 Å². The zero-order valence-corrected chi connectivity index (χ0v) is 11.8. The van der Waals surface area contributed by atoms with E-state index < -0.39 is 6.04 Å². The van der Waals surface area contributed by atoms with Gasteiger partial charge >= 0.3 is 0 Å². The third kappa shape index (κ3) is 3.71. The van der Waals surface area contributed by atoms with Gasteiger partial charge in [-0.2, -0.15) is 0 Å². The molecule has 0 saturated heterocycles. The van der Waals surface area contributed by atoms with Crippen molar-refractivity contribution >= 4 is 21.8 Å². The minimum atomic E-state index is -0.488. The lowest BCUT2D eigenvalue weighted by Gasteiger charge is -2.20. The highest BCUT2D eigenvalue weighted by Gasteiger charge is 2.15. The van der Waals surface area contributed by atoms with E-state index in [2.05, 4.69) is 15.9 Å². The Bertz CT molecular complexity index is 407. The van der Waals surface area contributed by atoms with Crippen LogP contribution in [-0.2, 0) is 11.3 Å². The summed E-state index contributed by atoms with van der Waals surface area (Å²) in [6.07, 6.45) is 0. The van der Waals surface area contributed by atoms with Gasteiger partial charge in [0.1, 0.15) is 5.75 Å². The fourth-order valence-electron chi connectivity index (χ4n) is 1.55. The molecule has 17 heavy (non-hydrogen) atoms. The Morgan fingerprint density at radius 2 is 2.24 bits per heavy atom. The van der Waals surface area contributed by atoms with Crippen molar-refractivity contribution in [1.82, 2.24) is 4.90 Å². The fraction of sp³-hybridized carbons (Fsp3) is 0.417. The standard InChI is InChI=1S/C12H17BrN2O2/c1-8(14)12(16)15(2)7-9-6-10(13)4-5-11(9)17-3/h4-6,8H,7,14H2,1-3H3. The summed E-state index contributed by atoms with van der Waals surface area (Å²) in [6, 6.07) is 5.21. The number of hydrogen-bond donors (Lipinski definition) is 1. The van der Waals surface area contributed by atoms with E-state index in [-0.39, 0.29) is 5.91 Å². The Hall–Kier alpha value is -1.07. The molecular weight excluding hydrogens is 284 g/mol. The lowest BCUT2D eigenvalue weighted by atomic mass is 10.2. The third-order valence-corrected chi connectivity index (χ3v) is 2.91. The number of carbonyl (C=O) groups is 1. The van der Waals surface area contributed by atoms with Crippen molar-refractivity contribution in [3.63, 3.8) is 0 Å². The van der Waals surface area contributed by atoms with Gasteiger partial charge in [-0.15, -0.1) is 0 Å². The second kappa shape index (κ2) is 6.02. The van der Waals surface area contributed by atoms with E-state index in [0.29, 0.717) is 6.54 Å². The van der Waals surface area contributed by atoms with Gasteiger partial charge in [0, 0.05) is 23.6 Å². The van der Waals surface area contributed by atoms with E-state index >= 15 is 0 Å². The van der Waals surface area contributed by atoms with E-state index in [1.807, 2.05) is 18.2 Å². The van der Waals surface area contributed by atoms with Gasteiger partial charge in [-0.1, -0.05) is 15.9 Å². The minimum absolute atomic E-state index is 0.0907. The number of hydrogen-bond acceptors (Lipinski definition) is 3. The second-order valence-electron chi connectivity index (χ2n) is 3.94. The van der Waals surface area contributed by atoms with Crippen LogP contribution in [0.5, 0.6) is 5.75 Å². The average Bonchev–Trinajstić information content (AvgIpc) is 2.28. The van der Waals surface area contributed by atoms with E-state index in [9.17, 15) is 4.79 Å². The van der Waals surface area contributed by atoms with Crippen LogP contribution in [0.25, 0.3) is 0 Å². The highest BCUT2D eigenvalue weighted by atomic mass is 79.9. The van der Waals surface area contributed by atoms with Crippen molar-refractivity contribution in [3.05, 3.63) is 28.2 Å². The van der Waals surface area contributed by atoms with Crippen LogP contribution in [0.3, 0.4) is 0 Å². The summed E-state index contributed by atoms with van der Waals surface area (Å²) in [5, 5.41) is 0. The Labute approximate surface area is 110 Å². The van der Waals surface area contributed by atoms with Gasteiger partial charge in [0.25, 0.3) is 0 Å². The molecule has 0 aliphatic carbocycles. The van der Waals surface area contributed by atoms with Gasteiger partial charge < -0.3 is 15.4 Å². The molecule has 94 valence electrons. The topological polar surface area (TPSA) is 55.6 Å². The highest BCUT2D eigenvalue weighted by molar-refractivity contribution is 9.10. The number of carbonyl (C=O) groups excluding carboxylic acids is 1. The molecule has 1 atom stereocenters. The minimum Gasteiger partial charge on any atom is -0.496 e. The molecule has 1 amide bonds. The van der Waals surface area contributed by atoms with Crippen molar-refractivity contribution in [2.24, 2.45) is 5.73 Å². The zero-order chi connectivity index (χ0) is 13.0. The number of ether oxygens (including phenoxy) is 1. The quantitative estimate of drug-likeness (QED) is 0.922. The molecular formula is C12H17BrN2O2. The van der Waals surface area contributed by atoms with Crippen LogP contribution >= 0.6 is 15.9 Å². The molecule has 1 aromatic carbocycles. The summed E-state index contributed by atoms with van der Waals surface area (Å²) in [7, 11) is 3.34. The third-order valence-electron chi connectivity index (χ3n) is 2.42. The van der Waals surface area contributed by atoms with E-state index in [1.165, 1.54) is 0 Å². The largest absolute Gasteiger partial charge is 0.496 e. The number of likely N-dealkylation sites (N-methyl/N-ethyl adjacent to an activating group) is 1. The van der Waals surface area contributed by atoms with E-state index in [1.54, 1.807) is 26.0 Å². The molecule has 0 fully saturated rings. The molecule has 0 aliphatic rings. The molecule has 0 aromatic heterocycles. The Balaban J connectivity index is 2.87. The smallest absolute Gasteiger partial charge is 0.239 e. The molecule has 1 unspecified atom stereocenters. The Morgan fingerprint density at radius 1 is 1.59 bits per heavy atom. The van der Waals surface area contributed by atoms with Gasteiger partial charge in [0.05, 0.1) is 13.2 Å². The highest BCUT2D eigenvalue weighted by Crippen LogP contribution is 2.24. The summed E-state index contributed by atoms with van der Waals surface area (Å²) in [6.45, 7) is 2.15. The summed E-state index contributed by atoms with van der Waals surface area (Å²) >= 11 is 3.40. The van der Waals surface area contributed by atoms with E-state index in [4.69, 9.17) is 10.5 Å². The molecule has 1 aromatic rings. The first-order valence-electron chi connectivity index (χ1n) is 5.28. The van der Waals surface area contributed by atoms with Crippen LogP contribution < -0.4 is 10.5 Å². The SMILES string of the molecule is COc1ccc(Br)cc1CN(C)C(=O)C(C)N. The number of halogens is 1. The number of nitrogens with zero attached hydrogens (tertiary/aromatic N) is 1. The van der Waals surface area contributed by atoms with Crippen LogP contribution in [0.15, 0.2) is 22.7 Å². The van der Waals surface area contributed by atoms with Gasteiger partial charge in [-0.3, -0.25) is 4.79 Å². The normalized spacial score (nSPS) is 12.1. The first-order chi connectivity index (χ1) is 7.95. The molecule has 4 nitrogen and oxygen atoms in total. The lowest BCUT2D eigenvalue weighted by Crippen LogP contribution is -2.39. The van der Waals surface area contributed by atoms with Gasteiger partial charge in [-0.25, -0.2) is 0 Å². The summed E-state index contributed by atoms with van der Waals surface area (Å²) in [5.74, 6) is 0.671. The number of benzene rings is 1. The Kier molecular flexibility index (Phi) is 4.96. The van der Waals surface area contributed by atoms with Crippen LogP contribution in [0.2, 0.25) is 0 Å². The van der Waals surface area contributed by atoms with Crippen LogP contribution in [-0.4, -0.2) is 31.0 Å². The molecule has 0 bridgehead atoms. The maximum Gasteiger partial charge on any atom is 0.239 e. The molecule has 0 heterocycles. The number of methoxy groups -OCH3 is 1. The molecule has 5 heteroatoms. The molecule has 0 saturated carbocycles. The second-order valence-corrected chi connectivity index (χ2v) is 4.85. The van der Waals surface area contributed by atoms with Crippen LogP contribution in [0, 0.1) is 0 Å². The number of nitrogens with two attached hydrogens (primary N) is 1. The maximum absolute atomic E-state index is 11.7. The van der Waals surface area contributed by atoms with Crippen molar-refractivity contribution < 1.29 is 9.53 Å².